The number of hydrogen-bond acceptors (Lipinski definition) is 2. The molecule has 0 spiro atoms. The molecule has 0 atom stereocenters. The Morgan fingerprint density at radius 2 is 2.05 bits per heavy atom. The lowest BCUT2D eigenvalue weighted by Gasteiger charge is -2.14. The van der Waals surface area contributed by atoms with Crippen LogP contribution in [0, 0.1) is 24.7 Å². The summed E-state index contributed by atoms with van der Waals surface area (Å²) in [7, 11) is 0. The number of aliphatic hydroxyl groups excluding tert-OH is 1. The molecule has 0 saturated heterocycles. The highest BCUT2D eigenvalue weighted by Crippen LogP contribution is 2.19. The molecule has 0 aromatic heterocycles. The van der Waals surface area contributed by atoms with E-state index in [0.29, 0.717) is 6.42 Å². The van der Waals surface area contributed by atoms with Crippen molar-refractivity contribution in [2.75, 3.05) is 11.9 Å². The molecule has 0 aliphatic rings. The number of nitrogens with one attached hydrogen (secondary N) is 1. The molecule has 108 valence electrons. The van der Waals surface area contributed by atoms with Crippen molar-refractivity contribution in [3.8, 4) is 11.8 Å². The molecule has 3 nitrogen and oxygen atoms in total. The molecule has 1 aromatic rings. The van der Waals surface area contributed by atoms with Crippen LogP contribution in [0.5, 0.6) is 0 Å². The maximum atomic E-state index is 12.2. The Bertz CT molecular complexity index is 507. The smallest absolute Gasteiger partial charge is 0.227 e. The Morgan fingerprint density at radius 3 is 2.65 bits per heavy atom. The fourth-order valence-electron chi connectivity index (χ4n) is 1.98. The van der Waals surface area contributed by atoms with Crippen LogP contribution >= 0.6 is 0 Å². The SMILES string of the molecule is CCC(CC)C(=O)Nc1cc(C)ccc1C#CCCO. The van der Waals surface area contributed by atoms with Gasteiger partial charge >= 0.3 is 0 Å². The van der Waals surface area contributed by atoms with Crippen LogP contribution in [0.1, 0.15) is 44.2 Å². The Hall–Kier alpha value is -1.79. The average Bonchev–Trinajstić information content (AvgIpc) is 2.43. The lowest BCUT2D eigenvalue weighted by atomic mass is 10.0. The van der Waals surface area contributed by atoms with E-state index in [0.717, 1.165) is 29.7 Å². The van der Waals surface area contributed by atoms with Gasteiger partial charge in [0.1, 0.15) is 0 Å². The van der Waals surface area contributed by atoms with Crippen molar-refractivity contribution < 1.29 is 9.90 Å². The number of amides is 1. The van der Waals surface area contributed by atoms with Gasteiger partial charge in [-0.3, -0.25) is 4.79 Å². The molecule has 0 radical (unpaired) electrons. The quantitative estimate of drug-likeness (QED) is 0.810. The summed E-state index contributed by atoms with van der Waals surface area (Å²) in [6.45, 7) is 6.07. The van der Waals surface area contributed by atoms with Crippen LogP contribution in [0.3, 0.4) is 0 Å². The van der Waals surface area contributed by atoms with Gasteiger partial charge in [-0.1, -0.05) is 31.8 Å². The van der Waals surface area contributed by atoms with E-state index in [-0.39, 0.29) is 18.4 Å². The largest absolute Gasteiger partial charge is 0.395 e. The zero-order valence-electron chi connectivity index (χ0n) is 12.5. The van der Waals surface area contributed by atoms with Crippen LogP contribution in [-0.4, -0.2) is 17.6 Å². The van der Waals surface area contributed by atoms with Crippen LogP contribution in [0.4, 0.5) is 5.69 Å². The van der Waals surface area contributed by atoms with Gasteiger partial charge in [0.25, 0.3) is 0 Å². The van der Waals surface area contributed by atoms with Crippen LogP contribution in [-0.2, 0) is 4.79 Å². The number of carbonyl (C=O) groups excluding carboxylic acids is 1. The van der Waals surface area contributed by atoms with E-state index in [9.17, 15) is 4.79 Å². The van der Waals surface area contributed by atoms with Gasteiger partial charge in [0.2, 0.25) is 5.91 Å². The van der Waals surface area contributed by atoms with Crippen molar-refractivity contribution >= 4 is 11.6 Å². The van der Waals surface area contributed by atoms with Crippen molar-refractivity contribution in [1.29, 1.82) is 0 Å². The normalized spacial score (nSPS) is 10.1. The highest BCUT2D eigenvalue weighted by molar-refractivity contribution is 5.93. The van der Waals surface area contributed by atoms with Crippen molar-refractivity contribution in [1.82, 2.24) is 0 Å². The Morgan fingerprint density at radius 1 is 1.35 bits per heavy atom. The number of rotatable bonds is 5. The molecule has 0 aliphatic heterocycles. The summed E-state index contributed by atoms with van der Waals surface area (Å²) in [6, 6.07) is 5.81. The second kappa shape index (κ2) is 8.39. The molecule has 0 heterocycles. The van der Waals surface area contributed by atoms with E-state index in [4.69, 9.17) is 5.11 Å². The first-order chi connectivity index (χ1) is 9.62. The summed E-state index contributed by atoms with van der Waals surface area (Å²) >= 11 is 0. The minimum atomic E-state index is 0.0359. The van der Waals surface area contributed by atoms with Crippen molar-refractivity contribution in [2.45, 2.75) is 40.0 Å². The first-order valence-corrected chi connectivity index (χ1v) is 7.13. The summed E-state index contributed by atoms with van der Waals surface area (Å²) in [5, 5.41) is 11.7. The van der Waals surface area contributed by atoms with E-state index < -0.39 is 0 Å². The number of aliphatic hydroxyl groups is 1. The van der Waals surface area contributed by atoms with Gasteiger partial charge in [-0.05, 0) is 37.5 Å². The number of anilines is 1. The average molecular weight is 273 g/mol. The van der Waals surface area contributed by atoms with Gasteiger partial charge in [0.15, 0.2) is 0 Å². The molecule has 1 amide bonds. The third-order valence-electron chi connectivity index (χ3n) is 3.25. The van der Waals surface area contributed by atoms with Gasteiger partial charge in [-0.15, -0.1) is 0 Å². The maximum Gasteiger partial charge on any atom is 0.227 e. The van der Waals surface area contributed by atoms with E-state index in [1.54, 1.807) is 0 Å². The summed E-state index contributed by atoms with van der Waals surface area (Å²) in [6.07, 6.45) is 2.10. The predicted octanol–water partition coefficient (Wildman–Crippen LogP) is 3.10. The highest BCUT2D eigenvalue weighted by atomic mass is 16.2. The fraction of sp³-hybridized carbons (Fsp3) is 0.471. The molecule has 1 aromatic carbocycles. The standard InChI is InChI=1S/C17H23NO2/c1-4-14(5-2)17(20)18-16-12-13(3)9-10-15(16)8-6-7-11-19/h9-10,12,14,19H,4-5,7,11H2,1-3H3,(H,18,20). The first kappa shape index (κ1) is 16.3. The van der Waals surface area contributed by atoms with Gasteiger partial charge < -0.3 is 10.4 Å². The second-order valence-corrected chi connectivity index (χ2v) is 4.83. The minimum Gasteiger partial charge on any atom is -0.395 e. The highest BCUT2D eigenvalue weighted by Gasteiger charge is 2.15. The van der Waals surface area contributed by atoms with Crippen molar-refractivity contribution in [2.24, 2.45) is 5.92 Å². The van der Waals surface area contributed by atoms with Crippen LogP contribution in [0.25, 0.3) is 0 Å². The predicted molar refractivity (Wildman–Crippen MR) is 82.5 cm³/mol. The number of hydrogen-bond donors (Lipinski definition) is 2. The molecule has 0 saturated carbocycles. The summed E-state index contributed by atoms with van der Waals surface area (Å²) in [5.74, 6) is 5.97. The van der Waals surface area contributed by atoms with E-state index in [1.807, 2.05) is 39.0 Å². The molecule has 1 rings (SSSR count). The zero-order chi connectivity index (χ0) is 15.0. The molecule has 0 unspecified atom stereocenters. The van der Waals surface area contributed by atoms with Crippen LogP contribution in [0.15, 0.2) is 18.2 Å². The lowest BCUT2D eigenvalue weighted by Crippen LogP contribution is -2.22. The molecule has 0 fully saturated rings. The summed E-state index contributed by atoms with van der Waals surface area (Å²) in [4.78, 5) is 12.2. The van der Waals surface area contributed by atoms with Gasteiger partial charge in [0.05, 0.1) is 12.3 Å². The molecule has 0 aliphatic carbocycles. The van der Waals surface area contributed by atoms with Crippen molar-refractivity contribution in [3.05, 3.63) is 29.3 Å². The first-order valence-electron chi connectivity index (χ1n) is 7.13. The second-order valence-electron chi connectivity index (χ2n) is 4.83. The van der Waals surface area contributed by atoms with E-state index in [1.165, 1.54) is 0 Å². The Balaban J connectivity index is 2.95. The summed E-state index contributed by atoms with van der Waals surface area (Å²) in [5.41, 5.74) is 2.63. The maximum absolute atomic E-state index is 12.2. The fourth-order valence-corrected chi connectivity index (χ4v) is 1.98. The minimum absolute atomic E-state index is 0.0359. The molecule has 3 heteroatoms. The molecular formula is C17H23NO2. The molecular weight excluding hydrogens is 250 g/mol. The molecule has 0 bridgehead atoms. The van der Waals surface area contributed by atoms with Gasteiger partial charge in [-0.2, -0.15) is 0 Å². The lowest BCUT2D eigenvalue weighted by molar-refractivity contribution is -0.120. The summed E-state index contributed by atoms with van der Waals surface area (Å²) < 4.78 is 0. The third-order valence-corrected chi connectivity index (χ3v) is 3.25. The Kier molecular flexibility index (Phi) is 6.83. The monoisotopic (exact) mass is 273 g/mol. The molecule has 20 heavy (non-hydrogen) atoms. The number of benzene rings is 1. The van der Waals surface area contributed by atoms with Crippen LogP contribution in [0.2, 0.25) is 0 Å². The van der Waals surface area contributed by atoms with Gasteiger partial charge in [-0.25, -0.2) is 0 Å². The Labute approximate surface area is 121 Å². The number of aryl methyl sites for hydroxylation is 1. The van der Waals surface area contributed by atoms with E-state index in [2.05, 4.69) is 17.2 Å². The van der Waals surface area contributed by atoms with Crippen molar-refractivity contribution in [3.63, 3.8) is 0 Å². The van der Waals surface area contributed by atoms with Crippen LogP contribution < -0.4 is 5.32 Å². The zero-order valence-corrected chi connectivity index (χ0v) is 12.5. The third kappa shape index (κ3) is 4.71. The van der Waals surface area contributed by atoms with E-state index >= 15 is 0 Å². The topological polar surface area (TPSA) is 49.3 Å². The van der Waals surface area contributed by atoms with Gasteiger partial charge in [0, 0.05) is 17.9 Å². The molecule has 2 N–H and O–H groups in total. The number of carbonyl (C=O) groups is 1.